The predicted molar refractivity (Wildman–Crippen MR) is 106 cm³/mol. The predicted octanol–water partition coefficient (Wildman–Crippen LogP) is 5.38. The van der Waals surface area contributed by atoms with Gasteiger partial charge in [-0.2, -0.15) is 0 Å². The van der Waals surface area contributed by atoms with Crippen LogP contribution < -0.4 is 0 Å². The molecular formula is C19H21NOS3. The van der Waals surface area contributed by atoms with Gasteiger partial charge in [-0.1, -0.05) is 19.1 Å². The highest BCUT2D eigenvalue weighted by Gasteiger charge is 2.31. The molecule has 0 saturated carbocycles. The summed E-state index contributed by atoms with van der Waals surface area (Å²) in [7, 11) is 0. The Bertz CT molecular complexity index is 718. The van der Waals surface area contributed by atoms with Crippen LogP contribution in [0.1, 0.15) is 50.3 Å². The molecule has 1 unspecified atom stereocenters. The van der Waals surface area contributed by atoms with Gasteiger partial charge in [-0.05, 0) is 47.5 Å². The zero-order chi connectivity index (χ0) is 16.5. The van der Waals surface area contributed by atoms with Gasteiger partial charge in [-0.25, -0.2) is 0 Å². The summed E-state index contributed by atoms with van der Waals surface area (Å²) in [6.45, 7) is 3.01. The van der Waals surface area contributed by atoms with Crippen molar-refractivity contribution >= 4 is 40.8 Å². The molecule has 0 N–H and O–H groups in total. The molecule has 2 aliphatic rings. The summed E-state index contributed by atoms with van der Waals surface area (Å²) in [5.74, 6) is 2.63. The van der Waals surface area contributed by atoms with Crippen LogP contribution in [0, 0.1) is 0 Å². The minimum Gasteiger partial charge on any atom is -0.331 e. The van der Waals surface area contributed by atoms with Crippen molar-refractivity contribution in [2.45, 2.75) is 30.4 Å². The summed E-state index contributed by atoms with van der Waals surface area (Å²) in [4.78, 5) is 16.6. The van der Waals surface area contributed by atoms with Crippen LogP contribution in [0.5, 0.6) is 0 Å². The number of hydrogen-bond acceptors (Lipinski definition) is 4. The van der Waals surface area contributed by atoms with Crippen LogP contribution in [0.3, 0.4) is 0 Å². The number of fused-ring (bicyclic) bond motifs is 1. The van der Waals surface area contributed by atoms with E-state index in [4.69, 9.17) is 0 Å². The van der Waals surface area contributed by atoms with Crippen LogP contribution in [0.2, 0.25) is 0 Å². The highest BCUT2D eigenvalue weighted by Crippen LogP contribution is 2.45. The lowest BCUT2D eigenvalue weighted by molar-refractivity contribution is 0.0657. The Morgan fingerprint density at radius 2 is 1.92 bits per heavy atom. The van der Waals surface area contributed by atoms with Crippen molar-refractivity contribution in [3.05, 3.63) is 57.3 Å². The van der Waals surface area contributed by atoms with E-state index in [2.05, 4.69) is 35.4 Å². The topological polar surface area (TPSA) is 20.3 Å². The van der Waals surface area contributed by atoms with E-state index in [0.717, 1.165) is 24.9 Å². The SMILES string of the molecule is CCC1c2ccsc2CCN1C(=O)c1ccc(C2SCCS2)cc1. The largest absolute Gasteiger partial charge is 0.331 e. The highest BCUT2D eigenvalue weighted by atomic mass is 32.2. The smallest absolute Gasteiger partial charge is 0.254 e. The summed E-state index contributed by atoms with van der Waals surface area (Å²) in [6, 6.07) is 10.8. The number of rotatable bonds is 3. The van der Waals surface area contributed by atoms with Gasteiger partial charge < -0.3 is 4.90 Å². The Morgan fingerprint density at radius 3 is 2.62 bits per heavy atom. The van der Waals surface area contributed by atoms with Crippen molar-refractivity contribution in [1.29, 1.82) is 0 Å². The number of nitrogens with zero attached hydrogens (tertiary/aromatic N) is 1. The fourth-order valence-corrected chi connectivity index (χ4v) is 7.37. The molecule has 0 spiro atoms. The third-order valence-electron chi connectivity index (χ3n) is 4.79. The fourth-order valence-electron chi connectivity index (χ4n) is 3.58. The standard InChI is InChI=1S/C19H21NOS3/c1-2-16-15-8-10-22-17(15)7-9-20(16)18(21)13-3-5-14(6-4-13)19-23-11-12-24-19/h3-6,8,10,16,19H,2,7,9,11-12H2,1H3. The number of carbonyl (C=O) groups is 1. The van der Waals surface area contributed by atoms with Gasteiger partial charge in [-0.15, -0.1) is 34.9 Å². The number of thiophene rings is 1. The normalized spacial score (nSPS) is 21.0. The molecule has 4 rings (SSSR count). The van der Waals surface area contributed by atoms with Crippen molar-refractivity contribution in [1.82, 2.24) is 4.90 Å². The second-order valence-electron chi connectivity index (χ2n) is 6.17. The Balaban J connectivity index is 1.55. The van der Waals surface area contributed by atoms with Gasteiger partial charge in [0.15, 0.2) is 0 Å². The monoisotopic (exact) mass is 375 g/mol. The number of amides is 1. The highest BCUT2D eigenvalue weighted by molar-refractivity contribution is 8.19. The molecule has 126 valence electrons. The third kappa shape index (κ3) is 3.02. The minimum atomic E-state index is 0.178. The van der Waals surface area contributed by atoms with Gasteiger partial charge in [0.05, 0.1) is 10.6 Å². The zero-order valence-corrected chi connectivity index (χ0v) is 16.2. The van der Waals surface area contributed by atoms with Crippen LogP contribution in [0.25, 0.3) is 0 Å². The Kier molecular flexibility index (Phi) is 4.93. The first-order valence-corrected chi connectivity index (χ1v) is 11.5. The lowest BCUT2D eigenvalue weighted by Gasteiger charge is -2.35. The van der Waals surface area contributed by atoms with Crippen molar-refractivity contribution in [2.75, 3.05) is 18.1 Å². The van der Waals surface area contributed by atoms with E-state index in [1.54, 1.807) is 0 Å². The minimum absolute atomic E-state index is 0.178. The molecule has 0 aliphatic carbocycles. The van der Waals surface area contributed by atoms with Gasteiger partial charge >= 0.3 is 0 Å². The van der Waals surface area contributed by atoms with Crippen LogP contribution in [0.4, 0.5) is 0 Å². The summed E-state index contributed by atoms with van der Waals surface area (Å²) < 4.78 is 0.542. The average Bonchev–Trinajstić information content (AvgIpc) is 3.31. The van der Waals surface area contributed by atoms with Gasteiger partial charge in [-0.3, -0.25) is 4.79 Å². The molecule has 0 radical (unpaired) electrons. The average molecular weight is 376 g/mol. The van der Waals surface area contributed by atoms with E-state index >= 15 is 0 Å². The van der Waals surface area contributed by atoms with Crippen molar-refractivity contribution < 1.29 is 4.79 Å². The third-order valence-corrected chi connectivity index (χ3v) is 8.89. The second-order valence-corrected chi connectivity index (χ2v) is 9.89. The van der Waals surface area contributed by atoms with Gasteiger partial charge in [0.25, 0.3) is 5.91 Å². The second kappa shape index (κ2) is 7.14. The zero-order valence-electron chi connectivity index (χ0n) is 13.7. The van der Waals surface area contributed by atoms with E-state index in [-0.39, 0.29) is 11.9 Å². The molecule has 1 amide bonds. The molecule has 2 aromatic rings. The van der Waals surface area contributed by atoms with E-state index in [1.165, 1.54) is 27.5 Å². The van der Waals surface area contributed by atoms with Crippen molar-refractivity contribution in [3.8, 4) is 0 Å². The maximum Gasteiger partial charge on any atom is 0.254 e. The summed E-state index contributed by atoms with van der Waals surface area (Å²) in [5.41, 5.74) is 3.52. The number of hydrogen-bond donors (Lipinski definition) is 0. The Hall–Kier alpha value is -0.910. The molecule has 1 atom stereocenters. The molecule has 3 heterocycles. The van der Waals surface area contributed by atoms with E-state index < -0.39 is 0 Å². The molecule has 24 heavy (non-hydrogen) atoms. The molecule has 1 fully saturated rings. The fraction of sp³-hybridized carbons (Fsp3) is 0.421. The first kappa shape index (κ1) is 16.6. The molecule has 1 saturated heterocycles. The molecular weight excluding hydrogens is 354 g/mol. The molecule has 1 aromatic heterocycles. The van der Waals surface area contributed by atoms with Gasteiger partial charge in [0.2, 0.25) is 0 Å². The Labute approximate surface area is 156 Å². The van der Waals surface area contributed by atoms with Crippen LogP contribution in [-0.4, -0.2) is 28.9 Å². The Morgan fingerprint density at radius 1 is 1.17 bits per heavy atom. The van der Waals surface area contributed by atoms with Gasteiger partial charge in [0, 0.05) is 28.5 Å². The molecule has 5 heteroatoms. The number of benzene rings is 1. The first-order chi connectivity index (χ1) is 11.8. The van der Waals surface area contributed by atoms with E-state index in [1.807, 2.05) is 47.0 Å². The summed E-state index contributed by atoms with van der Waals surface area (Å²) in [5, 5.41) is 2.16. The quantitative estimate of drug-likeness (QED) is 0.719. The van der Waals surface area contributed by atoms with Crippen molar-refractivity contribution in [2.24, 2.45) is 0 Å². The lowest BCUT2D eigenvalue weighted by Crippen LogP contribution is -2.39. The molecule has 2 nitrogen and oxygen atoms in total. The lowest BCUT2D eigenvalue weighted by atomic mass is 9.96. The first-order valence-electron chi connectivity index (χ1n) is 8.48. The maximum atomic E-state index is 13.1. The number of carbonyl (C=O) groups excluding carboxylic acids is 1. The molecule has 2 aliphatic heterocycles. The van der Waals surface area contributed by atoms with Crippen molar-refractivity contribution in [3.63, 3.8) is 0 Å². The van der Waals surface area contributed by atoms with E-state index in [0.29, 0.717) is 4.58 Å². The van der Waals surface area contributed by atoms with Gasteiger partial charge in [0.1, 0.15) is 0 Å². The van der Waals surface area contributed by atoms with Crippen LogP contribution in [-0.2, 0) is 6.42 Å². The van der Waals surface area contributed by atoms with Crippen LogP contribution in [0.15, 0.2) is 35.7 Å². The summed E-state index contributed by atoms with van der Waals surface area (Å²) in [6.07, 6.45) is 1.96. The maximum absolute atomic E-state index is 13.1. The van der Waals surface area contributed by atoms with Crippen LogP contribution >= 0.6 is 34.9 Å². The molecule has 1 aromatic carbocycles. The summed E-state index contributed by atoms with van der Waals surface area (Å²) >= 11 is 5.84. The number of thioether (sulfide) groups is 2. The molecule has 0 bridgehead atoms. The van der Waals surface area contributed by atoms with E-state index in [9.17, 15) is 4.79 Å².